The van der Waals surface area contributed by atoms with Crippen molar-refractivity contribution in [3.63, 3.8) is 0 Å². The molecule has 0 spiro atoms. The zero-order valence-corrected chi connectivity index (χ0v) is 17.7. The van der Waals surface area contributed by atoms with E-state index in [1.54, 1.807) is 19.2 Å². The van der Waals surface area contributed by atoms with Crippen LogP contribution in [0.2, 0.25) is 0 Å². The van der Waals surface area contributed by atoms with Gasteiger partial charge in [-0.05, 0) is 42.7 Å². The fourth-order valence-corrected chi connectivity index (χ4v) is 3.05. The van der Waals surface area contributed by atoms with Crippen LogP contribution in [0.25, 0.3) is 0 Å². The summed E-state index contributed by atoms with van der Waals surface area (Å²) in [5.41, 5.74) is 1.96. The lowest BCUT2D eigenvalue weighted by Crippen LogP contribution is -2.39. The van der Waals surface area contributed by atoms with Crippen molar-refractivity contribution in [2.24, 2.45) is 4.99 Å². The molecule has 29 heavy (non-hydrogen) atoms. The second kappa shape index (κ2) is 10.6. The largest absolute Gasteiger partial charge is 0.357 e. The van der Waals surface area contributed by atoms with E-state index in [9.17, 15) is 9.18 Å². The smallest absolute Gasteiger partial charge is 0.251 e. The first kappa shape index (κ1) is 22.4. The summed E-state index contributed by atoms with van der Waals surface area (Å²) in [7, 11) is 1.62. The highest BCUT2D eigenvalue weighted by molar-refractivity contribution is 5.94. The first-order valence-electron chi connectivity index (χ1n) is 9.95. The number of nitrogens with zero attached hydrogens (tertiary/aromatic N) is 1. The van der Waals surface area contributed by atoms with Crippen molar-refractivity contribution < 1.29 is 9.18 Å². The van der Waals surface area contributed by atoms with E-state index >= 15 is 0 Å². The summed E-state index contributed by atoms with van der Waals surface area (Å²) in [5.74, 6) is 0.395. The molecule has 0 bridgehead atoms. The van der Waals surface area contributed by atoms with E-state index < -0.39 is 5.41 Å². The van der Waals surface area contributed by atoms with Crippen LogP contribution in [0, 0.1) is 5.82 Å². The van der Waals surface area contributed by atoms with Crippen molar-refractivity contribution >= 4 is 11.9 Å². The minimum Gasteiger partial charge on any atom is -0.357 e. The number of aliphatic imine (C=N–C) groups is 1. The molecule has 6 heteroatoms. The standard InChI is InChI=1S/C23H31FN4O/c1-5-26-22(28-16-23(2,3)19-11-6-7-12-20(19)24)27-14-13-17-9-8-10-18(15-17)21(29)25-4/h6-12,15H,5,13-14,16H2,1-4H3,(H,25,29)(H2,26,27,28). The van der Waals surface area contributed by atoms with Crippen LogP contribution in [-0.2, 0) is 11.8 Å². The topological polar surface area (TPSA) is 65.5 Å². The quantitative estimate of drug-likeness (QED) is 0.472. The third kappa shape index (κ3) is 6.59. The van der Waals surface area contributed by atoms with Gasteiger partial charge < -0.3 is 16.0 Å². The fourth-order valence-electron chi connectivity index (χ4n) is 3.05. The van der Waals surface area contributed by atoms with Gasteiger partial charge in [-0.3, -0.25) is 9.79 Å². The second-order valence-electron chi connectivity index (χ2n) is 7.52. The summed E-state index contributed by atoms with van der Waals surface area (Å²) in [5, 5.41) is 9.18. The van der Waals surface area contributed by atoms with Crippen molar-refractivity contribution in [2.45, 2.75) is 32.6 Å². The SMILES string of the molecule is CCNC(=NCC(C)(C)c1ccccc1F)NCCc1cccc(C(=O)NC)c1. The van der Waals surface area contributed by atoms with Gasteiger partial charge in [0.15, 0.2) is 5.96 Å². The molecule has 1 amide bonds. The maximum atomic E-state index is 14.2. The number of carbonyl (C=O) groups excluding carboxylic acids is 1. The highest BCUT2D eigenvalue weighted by atomic mass is 19.1. The minimum absolute atomic E-state index is 0.0925. The van der Waals surface area contributed by atoms with E-state index in [1.807, 2.05) is 51.1 Å². The molecule has 5 nitrogen and oxygen atoms in total. The summed E-state index contributed by atoms with van der Waals surface area (Å²) in [6.07, 6.45) is 0.756. The van der Waals surface area contributed by atoms with Crippen LogP contribution in [0.4, 0.5) is 4.39 Å². The van der Waals surface area contributed by atoms with Crippen molar-refractivity contribution in [2.75, 3.05) is 26.7 Å². The molecule has 0 saturated carbocycles. The number of hydrogen-bond acceptors (Lipinski definition) is 2. The minimum atomic E-state index is -0.421. The van der Waals surface area contributed by atoms with Gasteiger partial charge in [-0.1, -0.05) is 44.2 Å². The molecule has 2 aromatic carbocycles. The van der Waals surface area contributed by atoms with Gasteiger partial charge in [0.1, 0.15) is 5.82 Å². The van der Waals surface area contributed by atoms with Crippen LogP contribution in [0.15, 0.2) is 53.5 Å². The first-order valence-corrected chi connectivity index (χ1v) is 9.95. The Balaban J connectivity index is 1.99. The van der Waals surface area contributed by atoms with Crippen LogP contribution in [0.3, 0.4) is 0 Å². The summed E-state index contributed by atoms with van der Waals surface area (Å²) in [6, 6.07) is 14.4. The Labute approximate surface area is 172 Å². The van der Waals surface area contributed by atoms with Crippen LogP contribution in [0.1, 0.15) is 42.3 Å². The number of rotatable bonds is 8. The van der Waals surface area contributed by atoms with Gasteiger partial charge in [0.2, 0.25) is 0 Å². The van der Waals surface area contributed by atoms with E-state index in [0.717, 1.165) is 18.5 Å². The van der Waals surface area contributed by atoms with Crippen LogP contribution in [0.5, 0.6) is 0 Å². The molecule has 0 aromatic heterocycles. The highest BCUT2D eigenvalue weighted by Crippen LogP contribution is 2.25. The van der Waals surface area contributed by atoms with Crippen molar-refractivity contribution in [3.8, 4) is 0 Å². The van der Waals surface area contributed by atoms with E-state index in [1.165, 1.54) is 6.07 Å². The van der Waals surface area contributed by atoms with Gasteiger partial charge in [-0.2, -0.15) is 0 Å². The maximum absolute atomic E-state index is 14.2. The summed E-state index contributed by atoms with van der Waals surface area (Å²) >= 11 is 0. The number of nitrogens with one attached hydrogen (secondary N) is 3. The summed E-state index contributed by atoms with van der Waals surface area (Å²) in [4.78, 5) is 16.4. The molecule has 0 unspecified atom stereocenters. The number of benzene rings is 2. The van der Waals surface area contributed by atoms with Crippen LogP contribution in [-0.4, -0.2) is 38.5 Å². The number of amides is 1. The predicted molar refractivity (Wildman–Crippen MR) is 117 cm³/mol. The molecule has 0 radical (unpaired) electrons. The highest BCUT2D eigenvalue weighted by Gasteiger charge is 2.23. The number of hydrogen-bond donors (Lipinski definition) is 3. The lowest BCUT2D eigenvalue weighted by molar-refractivity contribution is 0.0963. The molecule has 0 heterocycles. The number of guanidine groups is 1. The molecule has 156 valence electrons. The van der Waals surface area contributed by atoms with E-state index in [4.69, 9.17) is 0 Å². The average molecular weight is 399 g/mol. The fraction of sp³-hybridized carbons (Fsp3) is 0.391. The van der Waals surface area contributed by atoms with Crippen LogP contribution < -0.4 is 16.0 Å². The third-order valence-electron chi connectivity index (χ3n) is 4.70. The first-order chi connectivity index (χ1) is 13.9. The second-order valence-corrected chi connectivity index (χ2v) is 7.52. The molecule has 0 saturated heterocycles. The zero-order chi connectivity index (χ0) is 21.3. The number of halogens is 1. The Kier molecular flexibility index (Phi) is 8.19. The molecule has 3 N–H and O–H groups in total. The monoisotopic (exact) mass is 398 g/mol. The Hall–Kier alpha value is -2.89. The molecule has 0 aliphatic carbocycles. The Morgan fingerprint density at radius 3 is 2.55 bits per heavy atom. The molecular weight excluding hydrogens is 367 g/mol. The Bertz CT molecular complexity index is 848. The molecule has 0 aliphatic rings. The van der Waals surface area contributed by atoms with Gasteiger partial charge in [-0.15, -0.1) is 0 Å². The lowest BCUT2D eigenvalue weighted by atomic mass is 9.84. The average Bonchev–Trinajstić information content (AvgIpc) is 2.72. The summed E-state index contributed by atoms with van der Waals surface area (Å²) in [6.45, 7) is 7.84. The van der Waals surface area contributed by atoms with E-state index in [0.29, 0.717) is 30.2 Å². The zero-order valence-electron chi connectivity index (χ0n) is 17.7. The van der Waals surface area contributed by atoms with E-state index in [-0.39, 0.29) is 11.7 Å². The maximum Gasteiger partial charge on any atom is 0.251 e. The van der Waals surface area contributed by atoms with Crippen molar-refractivity contribution in [1.82, 2.24) is 16.0 Å². The molecular formula is C23H31FN4O. The Morgan fingerprint density at radius 1 is 1.10 bits per heavy atom. The molecule has 2 aromatic rings. The summed E-state index contributed by atoms with van der Waals surface area (Å²) < 4.78 is 14.2. The molecule has 0 fully saturated rings. The van der Waals surface area contributed by atoms with E-state index in [2.05, 4.69) is 20.9 Å². The lowest BCUT2D eigenvalue weighted by Gasteiger charge is -2.24. The number of carbonyl (C=O) groups is 1. The molecule has 0 atom stereocenters. The van der Waals surface area contributed by atoms with Gasteiger partial charge in [0, 0.05) is 31.1 Å². The van der Waals surface area contributed by atoms with Crippen LogP contribution >= 0.6 is 0 Å². The predicted octanol–water partition coefficient (Wildman–Crippen LogP) is 3.26. The van der Waals surface area contributed by atoms with Gasteiger partial charge in [0.05, 0.1) is 6.54 Å². The normalized spacial score (nSPS) is 11.8. The molecule has 2 rings (SSSR count). The Morgan fingerprint density at radius 2 is 1.86 bits per heavy atom. The third-order valence-corrected chi connectivity index (χ3v) is 4.70. The van der Waals surface area contributed by atoms with Gasteiger partial charge >= 0.3 is 0 Å². The van der Waals surface area contributed by atoms with Crippen molar-refractivity contribution in [3.05, 3.63) is 71.0 Å². The molecule has 0 aliphatic heterocycles. The van der Waals surface area contributed by atoms with Gasteiger partial charge in [-0.25, -0.2) is 4.39 Å². The van der Waals surface area contributed by atoms with Gasteiger partial charge in [0.25, 0.3) is 5.91 Å². The van der Waals surface area contributed by atoms with Crippen molar-refractivity contribution in [1.29, 1.82) is 0 Å².